The van der Waals surface area contributed by atoms with Gasteiger partial charge in [0.1, 0.15) is 18.4 Å². The van der Waals surface area contributed by atoms with Crippen molar-refractivity contribution in [2.24, 2.45) is 0 Å². The van der Waals surface area contributed by atoms with Crippen LogP contribution in [0.25, 0.3) is 0 Å². The lowest BCUT2D eigenvalue weighted by molar-refractivity contribution is -0.140. The topological polar surface area (TPSA) is 86.8 Å². The van der Waals surface area contributed by atoms with Crippen LogP contribution in [0.1, 0.15) is 43.2 Å². The number of carbonyl (C=O) groups is 2. The molecule has 3 aromatic rings. The van der Waals surface area contributed by atoms with Gasteiger partial charge in [-0.25, -0.2) is 12.8 Å². The van der Waals surface area contributed by atoms with Crippen LogP contribution in [0.3, 0.4) is 0 Å². The second kappa shape index (κ2) is 14.4. The highest BCUT2D eigenvalue weighted by Gasteiger charge is 2.34. The van der Waals surface area contributed by atoms with Gasteiger partial charge in [-0.2, -0.15) is 0 Å². The van der Waals surface area contributed by atoms with Crippen LogP contribution in [0.4, 0.5) is 10.1 Å². The van der Waals surface area contributed by atoms with Gasteiger partial charge < -0.3 is 10.2 Å². The minimum atomic E-state index is -3.98. The van der Waals surface area contributed by atoms with Crippen molar-refractivity contribution >= 4 is 50.7 Å². The van der Waals surface area contributed by atoms with Gasteiger partial charge in [0.25, 0.3) is 0 Å². The first-order valence-corrected chi connectivity index (χ1v) is 16.4. The van der Waals surface area contributed by atoms with Crippen molar-refractivity contribution in [1.82, 2.24) is 10.2 Å². The average Bonchev–Trinajstić information content (AvgIpc) is 2.95. The van der Waals surface area contributed by atoms with Gasteiger partial charge in [0, 0.05) is 24.0 Å². The van der Waals surface area contributed by atoms with Crippen LogP contribution < -0.4 is 9.62 Å². The number of sulfonamides is 1. The van der Waals surface area contributed by atoms with Crippen LogP contribution in [-0.4, -0.2) is 50.0 Å². The quantitative estimate of drug-likeness (QED) is 0.281. The van der Waals surface area contributed by atoms with Crippen molar-refractivity contribution in [2.75, 3.05) is 17.1 Å². The van der Waals surface area contributed by atoms with E-state index in [1.54, 1.807) is 12.1 Å². The Kier molecular flexibility index (Phi) is 10.9. The number of nitrogens with zero attached hydrogens (tertiary/aromatic N) is 2. The molecule has 1 N–H and O–H groups in total. The third-order valence-corrected chi connectivity index (χ3v) is 9.01. The fourth-order valence-electron chi connectivity index (χ4n) is 5.16. The summed E-state index contributed by atoms with van der Waals surface area (Å²) >= 11 is 12.4. The molecule has 1 saturated carbocycles. The highest BCUT2D eigenvalue weighted by molar-refractivity contribution is 7.92. The van der Waals surface area contributed by atoms with E-state index >= 15 is 0 Å². The minimum absolute atomic E-state index is 0.00677. The van der Waals surface area contributed by atoms with E-state index in [0.29, 0.717) is 10.6 Å². The zero-order valence-electron chi connectivity index (χ0n) is 23.3. The first kappa shape index (κ1) is 31.8. The molecule has 1 fully saturated rings. The Morgan fingerprint density at radius 3 is 2.24 bits per heavy atom. The molecule has 1 atom stereocenters. The maximum Gasteiger partial charge on any atom is 0.244 e. The molecule has 0 spiro atoms. The van der Waals surface area contributed by atoms with E-state index < -0.39 is 34.3 Å². The summed E-state index contributed by atoms with van der Waals surface area (Å²) in [6.07, 6.45) is 6.03. The molecule has 0 aliphatic heterocycles. The molecule has 11 heteroatoms. The molecule has 1 aliphatic carbocycles. The molecule has 42 heavy (non-hydrogen) atoms. The van der Waals surface area contributed by atoms with Crippen LogP contribution >= 0.6 is 23.2 Å². The summed E-state index contributed by atoms with van der Waals surface area (Å²) in [5.74, 6) is -1.37. The van der Waals surface area contributed by atoms with Crippen LogP contribution in [0.2, 0.25) is 10.0 Å². The molecule has 2 amide bonds. The van der Waals surface area contributed by atoms with Gasteiger partial charge in [0.2, 0.25) is 21.8 Å². The Morgan fingerprint density at radius 1 is 0.952 bits per heavy atom. The second-order valence-corrected chi connectivity index (χ2v) is 13.3. The number of anilines is 1. The van der Waals surface area contributed by atoms with Gasteiger partial charge in [-0.1, -0.05) is 84.9 Å². The molecular formula is C31H34Cl2FN3O4S. The molecule has 1 aliphatic rings. The monoisotopic (exact) mass is 633 g/mol. The maximum atomic E-state index is 14.1. The third-order valence-electron chi connectivity index (χ3n) is 7.35. The van der Waals surface area contributed by atoms with E-state index in [1.165, 1.54) is 35.2 Å². The summed E-state index contributed by atoms with van der Waals surface area (Å²) in [5.41, 5.74) is 1.51. The molecule has 7 nitrogen and oxygen atoms in total. The first-order chi connectivity index (χ1) is 20.0. The molecule has 0 bridgehead atoms. The molecule has 0 aromatic heterocycles. The second-order valence-electron chi connectivity index (χ2n) is 10.6. The number of rotatable bonds is 11. The summed E-state index contributed by atoms with van der Waals surface area (Å²) in [6, 6.07) is 18.3. The number of halogens is 3. The lowest BCUT2D eigenvalue weighted by atomic mass is 9.94. The molecule has 3 aromatic carbocycles. The standard InChI is InChI=1S/C31H34Cl2FN3O4S/c1-42(40,41)37(28-17-14-24(32)19-27(28)33)21-30(38)36(20-23-12-15-25(34)16-13-23)29(18-22-8-4-2-5-9-22)31(39)35-26-10-6-3-7-11-26/h2,4-5,8-9,12-17,19,26,29H,3,6-7,10-11,18,20-21H2,1H3,(H,35,39)/t29-/m0/s1. The van der Waals surface area contributed by atoms with Gasteiger partial charge in [-0.3, -0.25) is 13.9 Å². The van der Waals surface area contributed by atoms with Crippen molar-refractivity contribution in [3.63, 3.8) is 0 Å². The highest BCUT2D eigenvalue weighted by atomic mass is 35.5. The zero-order chi connectivity index (χ0) is 30.3. The lowest BCUT2D eigenvalue weighted by Crippen LogP contribution is -2.55. The predicted octanol–water partition coefficient (Wildman–Crippen LogP) is 5.99. The highest BCUT2D eigenvalue weighted by Crippen LogP contribution is 2.31. The van der Waals surface area contributed by atoms with Crippen LogP contribution in [0.15, 0.2) is 72.8 Å². The van der Waals surface area contributed by atoms with Crippen molar-refractivity contribution in [2.45, 2.75) is 57.2 Å². The SMILES string of the molecule is CS(=O)(=O)N(CC(=O)N(Cc1ccc(F)cc1)[C@@H](Cc1ccccc1)C(=O)NC1CCCCC1)c1ccc(Cl)cc1Cl. The molecule has 0 heterocycles. The molecule has 0 radical (unpaired) electrons. The smallest absolute Gasteiger partial charge is 0.244 e. The van der Waals surface area contributed by atoms with Gasteiger partial charge in [-0.15, -0.1) is 0 Å². The summed E-state index contributed by atoms with van der Waals surface area (Å²) in [7, 11) is -3.98. The Balaban J connectivity index is 1.73. The van der Waals surface area contributed by atoms with Crippen molar-refractivity contribution < 1.29 is 22.4 Å². The fraction of sp³-hybridized carbons (Fsp3) is 0.355. The Bertz CT molecular complexity index is 1480. The molecule has 4 rings (SSSR count). The largest absolute Gasteiger partial charge is 0.352 e. The fourth-order valence-corrected chi connectivity index (χ4v) is 6.59. The van der Waals surface area contributed by atoms with Crippen LogP contribution in [0.5, 0.6) is 0 Å². The van der Waals surface area contributed by atoms with Gasteiger partial charge in [0.15, 0.2) is 0 Å². The van der Waals surface area contributed by atoms with Crippen LogP contribution in [-0.2, 0) is 32.6 Å². The zero-order valence-corrected chi connectivity index (χ0v) is 25.6. The van der Waals surface area contributed by atoms with E-state index in [4.69, 9.17) is 23.2 Å². The molecule has 0 saturated heterocycles. The number of hydrogen-bond acceptors (Lipinski definition) is 4. The average molecular weight is 635 g/mol. The summed E-state index contributed by atoms with van der Waals surface area (Å²) in [6.45, 7) is -0.649. The lowest BCUT2D eigenvalue weighted by Gasteiger charge is -2.35. The molecular weight excluding hydrogens is 600 g/mol. The number of carbonyl (C=O) groups excluding carboxylic acids is 2. The van der Waals surface area contributed by atoms with Crippen molar-refractivity contribution in [3.05, 3.63) is 99.8 Å². The van der Waals surface area contributed by atoms with Gasteiger partial charge in [0.05, 0.1) is 17.0 Å². The van der Waals surface area contributed by atoms with E-state index in [-0.39, 0.29) is 35.6 Å². The van der Waals surface area contributed by atoms with Gasteiger partial charge in [-0.05, 0) is 54.3 Å². The van der Waals surface area contributed by atoms with E-state index in [2.05, 4.69) is 5.32 Å². The number of amides is 2. The first-order valence-electron chi connectivity index (χ1n) is 13.8. The Hall–Kier alpha value is -3.14. The maximum absolute atomic E-state index is 14.1. The summed E-state index contributed by atoms with van der Waals surface area (Å²) in [4.78, 5) is 29.4. The van der Waals surface area contributed by atoms with E-state index in [1.807, 2.05) is 30.3 Å². The third kappa shape index (κ3) is 8.69. The molecule has 224 valence electrons. The summed E-state index contributed by atoms with van der Waals surface area (Å²) in [5, 5.41) is 3.51. The van der Waals surface area contributed by atoms with Crippen LogP contribution in [0, 0.1) is 5.82 Å². The Morgan fingerprint density at radius 2 is 1.62 bits per heavy atom. The molecule has 0 unspecified atom stereocenters. The van der Waals surface area contributed by atoms with E-state index in [9.17, 15) is 22.4 Å². The number of hydrogen-bond donors (Lipinski definition) is 1. The number of benzene rings is 3. The summed E-state index contributed by atoms with van der Waals surface area (Å²) < 4.78 is 40.5. The normalized spacial score (nSPS) is 14.7. The van der Waals surface area contributed by atoms with Gasteiger partial charge >= 0.3 is 0 Å². The van der Waals surface area contributed by atoms with Crippen molar-refractivity contribution in [3.8, 4) is 0 Å². The van der Waals surface area contributed by atoms with Crippen molar-refractivity contribution in [1.29, 1.82) is 0 Å². The Labute approximate surface area is 256 Å². The predicted molar refractivity (Wildman–Crippen MR) is 165 cm³/mol. The number of nitrogens with one attached hydrogen (secondary N) is 1. The van der Waals surface area contributed by atoms with E-state index in [0.717, 1.165) is 48.2 Å². The minimum Gasteiger partial charge on any atom is -0.352 e.